The van der Waals surface area contributed by atoms with E-state index in [1.165, 1.54) is 24.0 Å². The summed E-state index contributed by atoms with van der Waals surface area (Å²) in [7, 11) is 0. The van der Waals surface area contributed by atoms with Crippen molar-refractivity contribution in [2.24, 2.45) is 0 Å². The molecule has 4 rings (SSSR count). The molecule has 146 valence electrons. The second kappa shape index (κ2) is 9.62. The van der Waals surface area contributed by atoms with Crippen molar-refractivity contribution in [2.45, 2.75) is 37.0 Å². The van der Waals surface area contributed by atoms with E-state index < -0.39 is 0 Å². The summed E-state index contributed by atoms with van der Waals surface area (Å²) in [6, 6.07) is 29.4. The van der Waals surface area contributed by atoms with E-state index in [0.717, 1.165) is 46.9 Å². The number of benzene rings is 3. The molecule has 2 nitrogen and oxygen atoms in total. The van der Waals surface area contributed by atoms with Gasteiger partial charge in [0.25, 0.3) is 0 Å². The van der Waals surface area contributed by atoms with Crippen molar-refractivity contribution >= 4 is 12.6 Å². The van der Waals surface area contributed by atoms with E-state index in [9.17, 15) is 0 Å². The predicted molar refractivity (Wildman–Crippen MR) is 124 cm³/mol. The molecular weight excluding hydrogens is 372 g/mol. The lowest BCUT2D eigenvalue weighted by atomic mass is 10.1. The Morgan fingerprint density at radius 2 is 1.28 bits per heavy atom. The number of aromatic amines is 1. The number of aryl methyl sites for hydroxylation is 2. The summed E-state index contributed by atoms with van der Waals surface area (Å²) in [4.78, 5) is 9.57. The first-order valence-corrected chi connectivity index (χ1v) is 10.7. The van der Waals surface area contributed by atoms with Crippen LogP contribution in [0, 0.1) is 0 Å². The van der Waals surface area contributed by atoms with Gasteiger partial charge in [0.05, 0.1) is 11.4 Å². The molecule has 1 N–H and O–H groups in total. The monoisotopic (exact) mass is 398 g/mol. The third-order valence-corrected chi connectivity index (χ3v) is 5.48. The number of H-pyrrole nitrogens is 1. The summed E-state index contributed by atoms with van der Waals surface area (Å²) < 4.78 is 0. The lowest BCUT2D eigenvalue weighted by Gasteiger charge is -2.02. The van der Waals surface area contributed by atoms with Gasteiger partial charge in [-0.15, -0.1) is 12.6 Å². The topological polar surface area (TPSA) is 28.7 Å². The summed E-state index contributed by atoms with van der Waals surface area (Å²) in [5.41, 5.74) is 5.87. The Hall–Kier alpha value is -2.78. The number of hydrogen-bond acceptors (Lipinski definition) is 2. The Balaban J connectivity index is 1.41. The van der Waals surface area contributed by atoms with Gasteiger partial charge < -0.3 is 4.98 Å². The molecule has 29 heavy (non-hydrogen) atoms. The third-order valence-electron chi connectivity index (χ3n) is 5.18. The highest BCUT2D eigenvalue weighted by Gasteiger charge is 2.13. The molecule has 0 fully saturated rings. The van der Waals surface area contributed by atoms with Crippen LogP contribution >= 0.6 is 12.6 Å². The number of unbranched alkanes of at least 4 members (excludes halogenated alkanes) is 2. The molecule has 0 aliphatic carbocycles. The van der Waals surface area contributed by atoms with Crippen LogP contribution in [0.1, 0.15) is 30.7 Å². The average molecular weight is 399 g/mol. The van der Waals surface area contributed by atoms with Gasteiger partial charge in [-0.3, -0.25) is 0 Å². The minimum atomic E-state index is 0.974. The van der Waals surface area contributed by atoms with Gasteiger partial charge in [0.1, 0.15) is 5.82 Å². The van der Waals surface area contributed by atoms with Crippen LogP contribution in [-0.2, 0) is 12.8 Å². The maximum Gasteiger partial charge on any atom is 0.107 e. The van der Waals surface area contributed by atoms with Crippen molar-refractivity contribution in [1.82, 2.24) is 9.97 Å². The van der Waals surface area contributed by atoms with Crippen molar-refractivity contribution in [1.29, 1.82) is 0 Å². The highest BCUT2D eigenvalue weighted by Crippen LogP contribution is 2.30. The maximum atomic E-state index is 4.96. The van der Waals surface area contributed by atoms with E-state index in [-0.39, 0.29) is 0 Å². The molecule has 0 aliphatic heterocycles. The molecule has 3 heteroatoms. The summed E-state index contributed by atoms with van der Waals surface area (Å²) in [5, 5.41) is 0. The Bertz CT molecular complexity index is 965. The van der Waals surface area contributed by atoms with Crippen molar-refractivity contribution in [2.75, 3.05) is 0 Å². The second-order valence-electron chi connectivity index (χ2n) is 7.37. The Morgan fingerprint density at radius 1 is 0.655 bits per heavy atom. The average Bonchev–Trinajstić information content (AvgIpc) is 3.20. The van der Waals surface area contributed by atoms with Crippen molar-refractivity contribution in [3.05, 3.63) is 96.3 Å². The molecule has 1 heterocycles. The lowest BCUT2D eigenvalue weighted by Crippen LogP contribution is -1.91. The van der Waals surface area contributed by atoms with Gasteiger partial charge in [-0.2, -0.15) is 0 Å². The van der Waals surface area contributed by atoms with E-state index in [2.05, 4.69) is 90.4 Å². The van der Waals surface area contributed by atoms with Crippen LogP contribution in [0.3, 0.4) is 0 Å². The number of imidazole rings is 1. The minimum Gasteiger partial charge on any atom is -0.341 e. The molecule has 0 bridgehead atoms. The highest BCUT2D eigenvalue weighted by atomic mass is 32.1. The summed E-state index contributed by atoms with van der Waals surface area (Å²) in [6.45, 7) is 0. The molecule has 3 aromatic carbocycles. The number of nitrogens with zero attached hydrogens (tertiary/aromatic N) is 1. The molecule has 0 amide bonds. The molecule has 4 aromatic rings. The maximum absolute atomic E-state index is 4.96. The van der Waals surface area contributed by atoms with E-state index in [4.69, 9.17) is 4.98 Å². The van der Waals surface area contributed by atoms with Gasteiger partial charge >= 0.3 is 0 Å². The van der Waals surface area contributed by atoms with Crippen LogP contribution in [-0.4, -0.2) is 9.97 Å². The zero-order valence-corrected chi connectivity index (χ0v) is 17.4. The molecule has 0 unspecified atom stereocenters. The van der Waals surface area contributed by atoms with Crippen LogP contribution in [0.15, 0.2) is 89.8 Å². The van der Waals surface area contributed by atoms with Crippen molar-refractivity contribution in [3.63, 3.8) is 0 Å². The van der Waals surface area contributed by atoms with Gasteiger partial charge in [0, 0.05) is 22.4 Å². The van der Waals surface area contributed by atoms with Crippen LogP contribution in [0.2, 0.25) is 0 Å². The van der Waals surface area contributed by atoms with E-state index in [1.807, 2.05) is 12.1 Å². The van der Waals surface area contributed by atoms with Gasteiger partial charge in [-0.05, 0) is 37.0 Å². The fourth-order valence-corrected chi connectivity index (χ4v) is 3.77. The highest BCUT2D eigenvalue weighted by molar-refractivity contribution is 7.80. The van der Waals surface area contributed by atoms with E-state index in [0.29, 0.717) is 0 Å². The summed E-state index contributed by atoms with van der Waals surface area (Å²) >= 11 is 4.35. The molecule has 0 aliphatic rings. The van der Waals surface area contributed by atoms with Gasteiger partial charge in [0.2, 0.25) is 0 Å². The fraction of sp³-hybridized carbons (Fsp3) is 0.192. The molecule has 0 radical (unpaired) electrons. The number of thiol groups is 1. The number of rotatable bonds is 8. The van der Waals surface area contributed by atoms with Gasteiger partial charge in [-0.25, -0.2) is 4.98 Å². The van der Waals surface area contributed by atoms with Crippen LogP contribution < -0.4 is 0 Å². The molecule has 0 atom stereocenters. The van der Waals surface area contributed by atoms with Crippen molar-refractivity contribution < 1.29 is 0 Å². The van der Waals surface area contributed by atoms with Crippen LogP contribution in [0.5, 0.6) is 0 Å². The molecule has 0 saturated carbocycles. The minimum absolute atomic E-state index is 0.974. The van der Waals surface area contributed by atoms with Crippen LogP contribution in [0.4, 0.5) is 0 Å². The van der Waals surface area contributed by atoms with E-state index >= 15 is 0 Å². The normalized spacial score (nSPS) is 10.9. The molecule has 1 aromatic heterocycles. The quantitative estimate of drug-likeness (QED) is 0.243. The smallest absolute Gasteiger partial charge is 0.107 e. The molecule has 0 spiro atoms. The summed E-state index contributed by atoms with van der Waals surface area (Å²) in [6.07, 6.45) is 5.63. The zero-order valence-electron chi connectivity index (χ0n) is 16.5. The predicted octanol–water partition coefficient (Wildman–Crippen LogP) is 6.99. The Kier molecular flexibility index (Phi) is 6.48. The Labute approximate surface area is 178 Å². The SMILES string of the molecule is Sc1ccc(CCCCCc2nc(-c3ccccc3)c(-c3ccccc3)[nH]2)cc1. The largest absolute Gasteiger partial charge is 0.341 e. The summed E-state index contributed by atoms with van der Waals surface area (Å²) in [5.74, 6) is 1.07. The lowest BCUT2D eigenvalue weighted by molar-refractivity contribution is 0.665. The first-order chi connectivity index (χ1) is 14.3. The van der Waals surface area contributed by atoms with Crippen LogP contribution in [0.25, 0.3) is 22.5 Å². The molecular formula is C26H26N2S. The van der Waals surface area contributed by atoms with E-state index in [1.54, 1.807) is 0 Å². The number of aromatic nitrogens is 2. The Morgan fingerprint density at radius 3 is 1.97 bits per heavy atom. The zero-order chi connectivity index (χ0) is 19.9. The fourth-order valence-electron chi connectivity index (χ4n) is 3.62. The third kappa shape index (κ3) is 5.18. The standard InChI is InChI=1S/C26H26N2S/c29-23-18-16-20(17-19-23)10-4-1-9-15-24-27-25(21-11-5-2-6-12-21)26(28-24)22-13-7-3-8-14-22/h2-3,5-8,11-14,16-19,29H,1,4,9-10,15H2,(H,27,28). The first-order valence-electron chi connectivity index (χ1n) is 10.3. The first kappa shape index (κ1) is 19.5. The van der Waals surface area contributed by atoms with Gasteiger partial charge in [0.15, 0.2) is 0 Å². The number of hydrogen-bond donors (Lipinski definition) is 2. The van der Waals surface area contributed by atoms with Gasteiger partial charge in [-0.1, -0.05) is 79.2 Å². The van der Waals surface area contributed by atoms with Crippen molar-refractivity contribution in [3.8, 4) is 22.5 Å². The molecule has 0 saturated heterocycles. The number of nitrogens with one attached hydrogen (secondary N) is 1. The second-order valence-corrected chi connectivity index (χ2v) is 7.88.